The van der Waals surface area contributed by atoms with Gasteiger partial charge in [-0.15, -0.1) is 0 Å². The number of amides is 1. The summed E-state index contributed by atoms with van der Waals surface area (Å²) in [5, 5.41) is 15.5. The Hall–Kier alpha value is -1.10. The maximum absolute atomic E-state index is 12.2. The summed E-state index contributed by atoms with van der Waals surface area (Å²) in [6.07, 6.45) is 3.78. The molecule has 0 radical (unpaired) electrons. The zero-order chi connectivity index (χ0) is 15.1. The third-order valence-electron chi connectivity index (χ3n) is 4.24. The van der Waals surface area contributed by atoms with Gasteiger partial charge in [0.2, 0.25) is 5.91 Å². The second-order valence-corrected chi connectivity index (χ2v) is 5.82. The first-order valence-corrected chi connectivity index (χ1v) is 7.78. The molecule has 0 aromatic heterocycles. The van der Waals surface area contributed by atoms with Crippen molar-refractivity contribution in [1.82, 2.24) is 10.2 Å². The second-order valence-electron chi connectivity index (χ2n) is 5.82. The molecule has 1 amide bonds. The minimum Gasteiger partial charge on any atom is -0.411 e. The predicted molar refractivity (Wildman–Crippen MR) is 81.2 cm³/mol. The number of hydrogen-bond donors (Lipinski definition) is 2. The van der Waals surface area contributed by atoms with Crippen LogP contribution in [0.15, 0.2) is 5.16 Å². The number of piperidine rings is 1. The molecule has 1 saturated heterocycles. The van der Waals surface area contributed by atoms with Gasteiger partial charge in [0.1, 0.15) is 0 Å². The van der Waals surface area contributed by atoms with E-state index < -0.39 is 0 Å². The highest BCUT2D eigenvalue weighted by molar-refractivity contribution is 5.88. The quantitative estimate of drug-likeness (QED) is 0.580. The van der Waals surface area contributed by atoms with E-state index in [0.717, 1.165) is 44.5 Å². The molecular weight excluding hydrogens is 254 g/mol. The fraction of sp³-hybridized carbons (Fsp3) is 0.867. The van der Waals surface area contributed by atoms with Gasteiger partial charge in [0, 0.05) is 31.5 Å². The lowest BCUT2D eigenvalue weighted by atomic mass is 9.92. The summed E-state index contributed by atoms with van der Waals surface area (Å²) in [6.45, 7) is 9.81. The first-order valence-electron chi connectivity index (χ1n) is 7.78. The molecule has 3 unspecified atom stereocenters. The summed E-state index contributed by atoms with van der Waals surface area (Å²) in [5.74, 6) is 0.363. The molecule has 1 aliphatic rings. The van der Waals surface area contributed by atoms with Crippen LogP contribution in [0.1, 0.15) is 53.4 Å². The normalized spacial score (nSPS) is 25.4. The van der Waals surface area contributed by atoms with Gasteiger partial charge in [0.05, 0.1) is 11.8 Å². The summed E-state index contributed by atoms with van der Waals surface area (Å²) < 4.78 is 0. The largest absolute Gasteiger partial charge is 0.411 e. The van der Waals surface area contributed by atoms with E-state index in [2.05, 4.69) is 36.1 Å². The Morgan fingerprint density at radius 2 is 2.20 bits per heavy atom. The molecule has 5 nitrogen and oxygen atoms in total. The van der Waals surface area contributed by atoms with Gasteiger partial charge in [-0.3, -0.25) is 9.69 Å². The maximum atomic E-state index is 12.2. The Morgan fingerprint density at radius 1 is 1.50 bits per heavy atom. The molecule has 0 bridgehead atoms. The molecule has 1 heterocycles. The van der Waals surface area contributed by atoms with Crippen molar-refractivity contribution in [2.24, 2.45) is 11.1 Å². The average molecular weight is 283 g/mol. The van der Waals surface area contributed by atoms with Crippen LogP contribution < -0.4 is 5.32 Å². The van der Waals surface area contributed by atoms with E-state index in [1.165, 1.54) is 0 Å². The van der Waals surface area contributed by atoms with Crippen LogP contribution in [0.2, 0.25) is 0 Å². The van der Waals surface area contributed by atoms with E-state index in [4.69, 9.17) is 5.21 Å². The molecule has 20 heavy (non-hydrogen) atoms. The standard InChI is InChI=1S/C15H29N3O2/c1-5-7-11(3)16-15(19)12(4)18-9-8-14(17-20)13(6-2)10-18/h11-13,20H,5-10H2,1-4H3,(H,16,19). The van der Waals surface area contributed by atoms with Crippen LogP contribution in [0.3, 0.4) is 0 Å². The average Bonchev–Trinajstić information content (AvgIpc) is 2.45. The summed E-state index contributed by atoms with van der Waals surface area (Å²) in [6, 6.07) is 0.111. The summed E-state index contributed by atoms with van der Waals surface area (Å²) >= 11 is 0. The van der Waals surface area contributed by atoms with Gasteiger partial charge in [-0.25, -0.2) is 0 Å². The lowest BCUT2D eigenvalue weighted by Crippen LogP contribution is -2.52. The zero-order valence-corrected chi connectivity index (χ0v) is 13.2. The highest BCUT2D eigenvalue weighted by Crippen LogP contribution is 2.19. The number of oxime groups is 1. The highest BCUT2D eigenvalue weighted by Gasteiger charge is 2.30. The SMILES string of the molecule is CCCC(C)NC(=O)C(C)N1CCC(=NO)C(CC)C1. The molecule has 2 N–H and O–H groups in total. The van der Waals surface area contributed by atoms with Crippen molar-refractivity contribution in [1.29, 1.82) is 0 Å². The molecule has 0 aromatic rings. The van der Waals surface area contributed by atoms with E-state index in [0.29, 0.717) is 0 Å². The highest BCUT2D eigenvalue weighted by atomic mass is 16.4. The minimum atomic E-state index is -0.122. The maximum Gasteiger partial charge on any atom is 0.237 e. The van der Waals surface area contributed by atoms with Gasteiger partial charge in [-0.1, -0.05) is 25.4 Å². The Kier molecular flexibility index (Phi) is 6.99. The molecule has 0 spiro atoms. The van der Waals surface area contributed by atoms with E-state index in [-0.39, 0.29) is 23.9 Å². The molecule has 0 aromatic carbocycles. The van der Waals surface area contributed by atoms with Crippen LogP contribution in [-0.2, 0) is 4.79 Å². The Bertz CT molecular complexity index is 344. The number of carbonyl (C=O) groups is 1. The number of hydrogen-bond acceptors (Lipinski definition) is 4. The van der Waals surface area contributed by atoms with Gasteiger partial charge in [0.15, 0.2) is 0 Å². The zero-order valence-electron chi connectivity index (χ0n) is 13.2. The second kappa shape index (κ2) is 8.25. The molecule has 3 atom stereocenters. The molecule has 0 saturated carbocycles. The molecule has 116 valence electrons. The van der Waals surface area contributed by atoms with Crippen molar-refractivity contribution < 1.29 is 10.0 Å². The van der Waals surface area contributed by atoms with Crippen LogP contribution in [0.25, 0.3) is 0 Å². The van der Waals surface area contributed by atoms with Crippen LogP contribution in [0.4, 0.5) is 0 Å². The number of rotatable bonds is 6. The number of carbonyl (C=O) groups excluding carboxylic acids is 1. The smallest absolute Gasteiger partial charge is 0.237 e. The van der Waals surface area contributed by atoms with Crippen molar-refractivity contribution in [3.05, 3.63) is 0 Å². The third-order valence-corrected chi connectivity index (χ3v) is 4.24. The number of likely N-dealkylation sites (tertiary alicyclic amines) is 1. The lowest BCUT2D eigenvalue weighted by Gasteiger charge is -2.36. The van der Waals surface area contributed by atoms with Gasteiger partial charge in [-0.05, 0) is 26.7 Å². The summed E-state index contributed by atoms with van der Waals surface area (Å²) in [7, 11) is 0. The first-order chi connectivity index (χ1) is 9.53. The summed E-state index contributed by atoms with van der Waals surface area (Å²) in [5.41, 5.74) is 0.871. The fourth-order valence-corrected chi connectivity index (χ4v) is 2.82. The van der Waals surface area contributed by atoms with Crippen molar-refractivity contribution in [3.63, 3.8) is 0 Å². The van der Waals surface area contributed by atoms with Crippen molar-refractivity contribution in [3.8, 4) is 0 Å². The van der Waals surface area contributed by atoms with Crippen molar-refractivity contribution in [2.75, 3.05) is 13.1 Å². The molecule has 0 aliphatic carbocycles. The predicted octanol–water partition coefficient (Wildman–Crippen LogP) is 2.24. The van der Waals surface area contributed by atoms with Crippen LogP contribution in [0, 0.1) is 5.92 Å². The van der Waals surface area contributed by atoms with Gasteiger partial charge in [0.25, 0.3) is 0 Å². The molecule has 1 rings (SSSR count). The first kappa shape index (κ1) is 17.0. The Morgan fingerprint density at radius 3 is 2.75 bits per heavy atom. The van der Waals surface area contributed by atoms with Gasteiger partial charge >= 0.3 is 0 Å². The Labute approximate surface area is 122 Å². The molecular formula is C15H29N3O2. The molecule has 1 aliphatic heterocycles. The van der Waals surface area contributed by atoms with Gasteiger partial charge < -0.3 is 10.5 Å². The fourth-order valence-electron chi connectivity index (χ4n) is 2.82. The molecule has 5 heteroatoms. The summed E-state index contributed by atoms with van der Waals surface area (Å²) in [4.78, 5) is 14.4. The van der Waals surface area contributed by atoms with E-state index in [1.807, 2.05) is 6.92 Å². The Balaban J connectivity index is 2.55. The van der Waals surface area contributed by atoms with Crippen LogP contribution in [0.5, 0.6) is 0 Å². The number of nitrogens with zero attached hydrogens (tertiary/aromatic N) is 2. The van der Waals surface area contributed by atoms with Crippen LogP contribution >= 0.6 is 0 Å². The topological polar surface area (TPSA) is 64.9 Å². The monoisotopic (exact) mass is 283 g/mol. The molecule has 1 fully saturated rings. The third kappa shape index (κ3) is 4.47. The van der Waals surface area contributed by atoms with E-state index in [9.17, 15) is 4.79 Å². The van der Waals surface area contributed by atoms with Crippen molar-refractivity contribution in [2.45, 2.75) is 65.5 Å². The van der Waals surface area contributed by atoms with Crippen LogP contribution in [-0.4, -0.2) is 46.9 Å². The van der Waals surface area contributed by atoms with E-state index in [1.54, 1.807) is 0 Å². The lowest BCUT2D eigenvalue weighted by molar-refractivity contribution is -0.126. The minimum absolute atomic E-state index is 0.102. The van der Waals surface area contributed by atoms with E-state index >= 15 is 0 Å². The van der Waals surface area contributed by atoms with Gasteiger partial charge in [-0.2, -0.15) is 0 Å². The van der Waals surface area contributed by atoms with Crippen molar-refractivity contribution >= 4 is 11.6 Å². The number of nitrogens with one attached hydrogen (secondary N) is 1.